The zero-order chi connectivity index (χ0) is 25.0. The lowest BCUT2D eigenvalue weighted by Gasteiger charge is -2.45. The van der Waals surface area contributed by atoms with E-state index in [1.54, 1.807) is 0 Å². The number of hydrogen-bond acceptors (Lipinski definition) is 5. The van der Waals surface area contributed by atoms with Crippen molar-refractivity contribution >= 4 is 5.91 Å². The molecule has 0 radical (unpaired) electrons. The Labute approximate surface area is 215 Å². The average Bonchev–Trinajstić information content (AvgIpc) is 3.34. The molecule has 194 valence electrons. The third kappa shape index (κ3) is 5.80. The Hall–Kier alpha value is -2.73. The van der Waals surface area contributed by atoms with Crippen LogP contribution in [-0.4, -0.2) is 61.8 Å². The highest BCUT2D eigenvalue weighted by Gasteiger charge is 2.37. The van der Waals surface area contributed by atoms with Gasteiger partial charge in [-0.1, -0.05) is 38.5 Å². The van der Waals surface area contributed by atoms with Crippen molar-refractivity contribution in [2.24, 2.45) is 11.3 Å². The Morgan fingerprint density at radius 1 is 0.917 bits per heavy atom. The third-order valence-electron chi connectivity index (χ3n) is 7.95. The molecular formula is C30H40N2O4. The molecule has 0 N–H and O–H groups in total. The van der Waals surface area contributed by atoms with E-state index in [0.717, 1.165) is 57.7 Å². The van der Waals surface area contributed by atoms with Gasteiger partial charge in [0.15, 0.2) is 11.5 Å². The Bertz CT molecular complexity index is 1040. The molecule has 3 heterocycles. The minimum absolute atomic E-state index is 0.0975. The number of amides is 1. The topological polar surface area (TPSA) is 51.2 Å². The second-order valence-electron chi connectivity index (χ2n) is 11.2. The molecular weight excluding hydrogens is 452 g/mol. The molecule has 2 aromatic carbocycles. The van der Waals surface area contributed by atoms with Gasteiger partial charge in [0.25, 0.3) is 5.91 Å². The maximum absolute atomic E-state index is 13.3. The fourth-order valence-corrected chi connectivity index (χ4v) is 6.06. The molecule has 5 rings (SSSR count). The summed E-state index contributed by atoms with van der Waals surface area (Å²) in [4.78, 5) is 18.0. The van der Waals surface area contributed by atoms with E-state index in [0.29, 0.717) is 29.6 Å². The van der Waals surface area contributed by atoms with Crippen LogP contribution < -0.4 is 14.2 Å². The second-order valence-corrected chi connectivity index (χ2v) is 11.2. The smallest absolute Gasteiger partial charge is 0.253 e. The summed E-state index contributed by atoms with van der Waals surface area (Å²) in [6, 6.07) is 14.0. The molecule has 1 spiro atoms. The van der Waals surface area contributed by atoms with Crippen LogP contribution in [0.4, 0.5) is 0 Å². The standard InChI is InChI=1S/C30H40N2O4/c1-23(2)20-31-17-18-34-26-9-4-3-7-24(26)8-5-6-12-30(21-31)13-15-32(16-14-30)29(33)25-10-11-27-28(19-25)36-22-35-27/h3-4,7,9-11,19,23H,5-6,8,12-18,20-22H2,1-2H3. The maximum Gasteiger partial charge on any atom is 0.253 e. The van der Waals surface area contributed by atoms with Gasteiger partial charge >= 0.3 is 0 Å². The van der Waals surface area contributed by atoms with Crippen LogP contribution in [0.25, 0.3) is 0 Å². The van der Waals surface area contributed by atoms with E-state index in [2.05, 4.69) is 43.0 Å². The fourth-order valence-electron chi connectivity index (χ4n) is 6.06. The van der Waals surface area contributed by atoms with Gasteiger partial charge in [-0.25, -0.2) is 0 Å². The maximum atomic E-state index is 13.3. The molecule has 6 heteroatoms. The van der Waals surface area contributed by atoms with Gasteiger partial charge in [0, 0.05) is 38.3 Å². The normalized spacial score (nSPS) is 20.4. The first-order chi connectivity index (χ1) is 17.5. The van der Waals surface area contributed by atoms with Crippen molar-refractivity contribution in [1.29, 1.82) is 0 Å². The minimum atomic E-state index is 0.0975. The van der Waals surface area contributed by atoms with Crippen molar-refractivity contribution in [3.05, 3.63) is 53.6 Å². The number of para-hydroxylation sites is 1. The zero-order valence-corrected chi connectivity index (χ0v) is 21.8. The first-order valence-corrected chi connectivity index (χ1v) is 13.6. The van der Waals surface area contributed by atoms with Crippen molar-refractivity contribution < 1.29 is 19.0 Å². The van der Waals surface area contributed by atoms with E-state index in [1.807, 2.05) is 23.1 Å². The van der Waals surface area contributed by atoms with Crippen LogP contribution >= 0.6 is 0 Å². The monoisotopic (exact) mass is 492 g/mol. The van der Waals surface area contributed by atoms with E-state index in [9.17, 15) is 4.79 Å². The summed E-state index contributed by atoms with van der Waals surface area (Å²) in [6.45, 7) is 10.3. The summed E-state index contributed by atoms with van der Waals surface area (Å²) in [5.41, 5.74) is 2.26. The number of rotatable bonds is 3. The number of carbonyl (C=O) groups excluding carboxylic acids is 1. The largest absolute Gasteiger partial charge is 0.492 e. The number of fused-ring (bicyclic) bond motifs is 2. The Balaban J connectivity index is 1.27. The van der Waals surface area contributed by atoms with Crippen molar-refractivity contribution in [1.82, 2.24) is 9.80 Å². The lowest BCUT2D eigenvalue weighted by atomic mass is 9.73. The number of benzene rings is 2. The Morgan fingerprint density at radius 3 is 2.56 bits per heavy atom. The van der Waals surface area contributed by atoms with E-state index in [1.165, 1.54) is 24.8 Å². The van der Waals surface area contributed by atoms with E-state index in [-0.39, 0.29) is 18.1 Å². The molecule has 0 bridgehead atoms. The number of carbonyl (C=O) groups is 1. The van der Waals surface area contributed by atoms with Crippen LogP contribution in [0.2, 0.25) is 0 Å². The molecule has 1 saturated heterocycles. The van der Waals surface area contributed by atoms with Gasteiger partial charge in [-0.15, -0.1) is 0 Å². The van der Waals surface area contributed by atoms with Gasteiger partial charge in [-0.2, -0.15) is 0 Å². The fraction of sp³-hybridized carbons (Fsp3) is 0.567. The van der Waals surface area contributed by atoms with Crippen LogP contribution in [0, 0.1) is 11.3 Å². The zero-order valence-electron chi connectivity index (χ0n) is 21.8. The summed E-state index contributed by atoms with van der Waals surface area (Å²) in [7, 11) is 0. The highest BCUT2D eigenvalue weighted by molar-refractivity contribution is 5.95. The minimum Gasteiger partial charge on any atom is -0.492 e. The molecule has 3 aliphatic rings. The van der Waals surface area contributed by atoms with Crippen molar-refractivity contribution in [2.75, 3.05) is 46.1 Å². The van der Waals surface area contributed by atoms with Crippen LogP contribution in [0.5, 0.6) is 17.2 Å². The molecule has 0 atom stereocenters. The molecule has 0 unspecified atom stereocenters. The molecule has 36 heavy (non-hydrogen) atoms. The van der Waals surface area contributed by atoms with Crippen molar-refractivity contribution in [3.63, 3.8) is 0 Å². The van der Waals surface area contributed by atoms with Gasteiger partial charge < -0.3 is 19.1 Å². The lowest BCUT2D eigenvalue weighted by molar-refractivity contribution is 0.0354. The SMILES string of the molecule is CC(C)CN1CCOc2ccccc2CCCCC2(CCN(C(=O)c3ccc4c(c3)OCO4)CC2)C1. The van der Waals surface area contributed by atoms with Crippen molar-refractivity contribution in [3.8, 4) is 17.2 Å². The molecule has 1 fully saturated rings. The number of hydrogen-bond donors (Lipinski definition) is 0. The molecule has 0 aromatic heterocycles. The predicted molar refractivity (Wildman–Crippen MR) is 141 cm³/mol. The number of piperidine rings is 1. The predicted octanol–water partition coefficient (Wildman–Crippen LogP) is 5.40. The highest BCUT2D eigenvalue weighted by Crippen LogP contribution is 2.39. The first-order valence-electron chi connectivity index (χ1n) is 13.6. The van der Waals surface area contributed by atoms with Gasteiger partial charge in [-0.05, 0) is 73.3 Å². The quantitative estimate of drug-likeness (QED) is 0.574. The van der Waals surface area contributed by atoms with Crippen LogP contribution in [0.15, 0.2) is 42.5 Å². The number of likely N-dealkylation sites (tertiary alicyclic amines) is 1. The van der Waals surface area contributed by atoms with Gasteiger partial charge in [0.05, 0.1) is 0 Å². The molecule has 3 aliphatic heterocycles. The van der Waals surface area contributed by atoms with Crippen molar-refractivity contribution in [2.45, 2.75) is 52.4 Å². The molecule has 0 saturated carbocycles. The Morgan fingerprint density at radius 2 is 1.72 bits per heavy atom. The Kier molecular flexibility index (Phi) is 7.70. The van der Waals surface area contributed by atoms with E-state index >= 15 is 0 Å². The van der Waals surface area contributed by atoms with Crippen LogP contribution in [0.1, 0.15) is 61.9 Å². The summed E-state index contributed by atoms with van der Waals surface area (Å²) in [5.74, 6) is 3.14. The molecule has 1 amide bonds. The first kappa shape index (κ1) is 24.9. The van der Waals surface area contributed by atoms with Crippen LogP contribution in [-0.2, 0) is 6.42 Å². The van der Waals surface area contributed by atoms with Gasteiger partial charge in [-0.3, -0.25) is 9.69 Å². The average molecular weight is 493 g/mol. The van der Waals surface area contributed by atoms with Gasteiger partial charge in [0.1, 0.15) is 12.4 Å². The number of nitrogens with zero attached hydrogens (tertiary/aromatic N) is 2. The van der Waals surface area contributed by atoms with E-state index in [4.69, 9.17) is 14.2 Å². The van der Waals surface area contributed by atoms with Gasteiger partial charge in [0.2, 0.25) is 6.79 Å². The molecule has 6 nitrogen and oxygen atoms in total. The van der Waals surface area contributed by atoms with E-state index < -0.39 is 0 Å². The highest BCUT2D eigenvalue weighted by atomic mass is 16.7. The molecule has 2 aromatic rings. The summed E-state index contributed by atoms with van der Waals surface area (Å²) < 4.78 is 17.2. The summed E-state index contributed by atoms with van der Waals surface area (Å²) >= 11 is 0. The summed E-state index contributed by atoms with van der Waals surface area (Å²) in [6.07, 6.45) is 6.77. The lowest BCUT2D eigenvalue weighted by Crippen LogP contribution is -2.49. The second kappa shape index (κ2) is 11.1. The number of aryl methyl sites for hydroxylation is 1. The van der Waals surface area contributed by atoms with Crippen LogP contribution in [0.3, 0.4) is 0 Å². The summed E-state index contributed by atoms with van der Waals surface area (Å²) in [5, 5.41) is 0. The number of ether oxygens (including phenoxy) is 3. The third-order valence-corrected chi connectivity index (χ3v) is 7.95. The molecule has 0 aliphatic carbocycles.